The second-order valence-corrected chi connectivity index (χ2v) is 5.65. The molecular formula is C13H26N6O. The maximum absolute atomic E-state index is 11.9. The minimum atomic E-state index is -0.187. The van der Waals surface area contributed by atoms with Crippen molar-refractivity contribution in [1.82, 2.24) is 30.3 Å². The van der Waals surface area contributed by atoms with Crippen LogP contribution in [0, 0.1) is 5.92 Å². The van der Waals surface area contributed by atoms with Gasteiger partial charge in [0.25, 0.3) is 0 Å². The van der Waals surface area contributed by atoms with Crippen LogP contribution in [-0.4, -0.2) is 52.4 Å². The first-order valence-corrected chi connectivity index (χ1v) is 6.87. The molecule has 0 saturated carbocycles. The molecule has 20 heavy (non-hydrogen) atoms. The van der Waals surface area contributed by atoms with Crippen molar-refractivity contribution >= 4 is 6.03 Å². The van der Waals surface area contributed by atoms with Crippen LogP contribution >= 0.6 is 0 Å². The van der Waals surface area contributed by atoms with E-state index in [1.54, 1.807) is 10.9 Å². The van der Waals surface area contributed by atoms with Gasteiger partial charge in [0, 0.05) is 19.6 Å². The molecule has 7 nitrogen and oxygen atoms in total. The second kappa shape index (κ2) is 7.23. The Hall–Kier alpha value is -1.63. The molecule has 114 valence electrons. The van der Waals surface area contributed by atoms with Gasteiger partial charge in [-0.2, -0.15) is 0 Å². The van der Waals surface area contributed by atoms with E-state index in [0.717, 1.165) is 5.82 Å². The van der Waals surface area contributed by atoms with Crippen LogP contribution in [0.25, 0.3) is 0 Å². The number of nitrogens with zero attached hydrogens (tertiary/aromatic N) is 4. The van der Waals surface area contributed by atoms with Gasteiger partial charge in [-0.05, 0) is 26.9 Å². The number of hydrogen-bond acceptors (Lipinski definition) is 4. The first-order chi connectivity index (χ1) is 9.32. The Morgan fingerprint density at radius 3 is 2.50 bits per heavy atom. The molecule has 2 amide bonds. The Morgan fingerprint density at radius 1 is 1.40 bits per heavy atom. The van der Waals surface area contributed by atoms with E-state index in [-0.39, 0.29) is 12.1 Å². The molecule has 1 heterocycles. The standard InChI is InChI=1S/C13H26N6O/c1-9(2)11(18(4)5)7-14-13(20)16-10(3)12-17-15-8-19(12)6/h8-11H,7H2,1-6H3,(H2,14,16,20)/t10-,11+/m1/s1. The second-order valence-electron chi connectivity index (χ2n) is 5.65. The van der Waals surface area contributed by atoms with E-state index in [0.29, 0.717) is 18.5 Å². The van der Waals surface area contributed by atoms with Crippen molar-refractivity contribution in [1.29, 1.82) is 0 Å². The molecular weight excluding hydrogens is 256 g/mol. The maximum Gasteiger partial charge on any atom is 0.315 e. The number of aromatic nitrogens is 3. The number of carbonyl (C=O) groups is 1. The van der Waals surface area contributed by atoms with Crippen molar-refractivity contribution in [3.05, 3.63) is 12.2 Å². The summed E-state index contributed by atoms with van der Waals surface area (Å²) in [6.07, 6.45) is 1.62. The zero-order valence-electron chi connectivity index (χ0n) is 13.2. The van der Waals surface area contributed by atoms with E-state index in [2.05, 4.69) is 39.6 Å². The molecule has 2 N–H and O–H groups in total. The molecule has 0 bridgehead atoms. The number of amides is 2. The number of hydrogen-bond donors (Lipinski definition) is 2. The monoisotopic (exact) mass is 282 g/mol. The van der Waals surface area contributed by atoms with Crippen molar-refractivity contribution in [3.63, 3.8) is 0 Å². The summed E-state index contributed by atoms with van der Waals surface area (Å²) < 4.78 is 1.79. The minimum Gasteiger partial charge on any atom is -0.337 e. The van der Waals surface area contributed by atoms with Crippen molar-refractivity contribution in [3.8, 4) is 0 Å². The number of rotatable bonds is 6. The van der Waals surface area contributed by atoms with Crippen LogP contribution in [0.15, 0.2) is 6.33 Å². The van der Waals surface area contributed by atoms with E-state index < -0.39 is 0 Å². The Kier molecular flexibility index (Phi) is 5.94. The summed E-state index contributed by atoms with van der Waals surface area (Å²) in [7, 11) is 5.89. The van der Waals surface area contributed by atoms with Crippen LogP contribution in [0.3, 0.4) is 0 Å². The van der Waals surface area contributed by atoms with Crippen molar-refractivity contribution in [2.45, 2.75) is 32.9 Å². The van der Waals surface area contributed by atoms with Crippen molar-refractivity contribution in [2.75, 3.05) is 20.6 Å². The highest BCUT2D eigenvalue weighted by atomic mass is 16.2. The minimum absolute atomic E-state index is 0.181. The summed E-state index contributed by atoms with van der Waals surface area (Å²) in [5.74, 6) is 1.20. The lowest BCUT2D eigenvalue weighted by molar-refractivity contribution is 0.211. The summed E-state index contributed by atoms with van der Waals surface area (Å²) in [6.45, 7) is 6.79. The quantitative estimate of drug-likeness (QED) is 0.808. The average molecular weight is 282 g/mol. The maximum atomic E-state index is 11.9. The van der Waals surface area contributed by atoms with Gasteiger partial charge in [0.05, 0.1) is 6.04 Å². The fourth-order valence-corrected chi connectivity index (χ4v) is 2.21. The first-order valence-electron chi connectivity index (χ1n) is 6.87. The zero-order chi connectivity index (χ0) is 15.3. The predicted octanol–water partition coefficient (Wildman–Crippen LogP) is 0.762. The van der Waals surface area contributed by atoms with Gasteiger partial charge in [-0.25, -0.2) is 4.79 Å². The van der Waals surface area contributed by atoms with Gasteiger partial charge < -0.3 is 20.1 Å². The van der Waals surface area contributed by atoms with E-state index >= 15 is 0 Å². The molecule has 1 rings (SSSR count). The molecule has 1 aromatic rings. The SMILES string of the molecule is CC(C)[C@H](CNC(=O)N[C@H](C)c1nncn1C)N(C)C. The van der Waals surface area contributed by atoms with Gasteiger partial charge in [-0.15, -0.1) is 10.2 Å². The third-order valence-electron chi connectivity index (χ3n) is 3.39. The molecule has 0 radical (unpaired) electrons. The lowest BCUT2D eigenvalue weighted by Gasteiger charge is -2.28. The van der Waals surface area contributed by atoms with E-state index in [9.17, 15) is 4.79 Å². The molecule has 2 atom stereocenters. The largest absolute Gasteiger partial charge is 0.337 e. The molecule has 0 unspecified atom stereocenters. The lowest BCUT2D eigenvalue weighted by atomic mass is 10.0. The molecule has 0 aromatic carbocycles. The molecule has 0 aliphatic rings. The fourth-order valence-electron chi connectivity index (χ4n) is 2.21. The summed E-state index contributed by atoms with van der Waals surface area (Å²) in [5.41, 5.74) is 0. The van der Waals surface area contributed by atoms with Crippen LogP contribution in [0.4, 0.5) is 4.79 Å². The lowest BCUT2D eigenvalue weighted by Crippen LogP contribution is -2.46. The highest BCUT2D eigenvalue weighted by molar-refractivity contribution is 5.74. The van der Waals surface area contributed by atoms with Gasteiger partial charge in [0.2, 0.25) is 0 Å². The summed E-state index contributed by atoms with van der Waals surface area (Å²) in [5, 5.41) is 13.6. The molecule has 1 aromatic heterocycles. The molecule has 7 heteroatoms. The fraction of sp³-hybridized carbons (Fsp3) is 0.769. The third kappa shape index (κ3) is 4.48. The Balaban J connectivity index is 2.46. The Morgan fingerprint density at radius 2 is 2.05 bits per heavy atom. The van der Waals surface area contributed by atoms with Crippen LogP contribution in [0.2, 0.25) is 0 Å². The molecule has 0 spiro atoms. The normalized spacial score (nSPS) is 14.4. The number of aryl methyl sites for hydroxylation is 1. The predicted molar refractivity (Wildman–Crippen MR) is 78.3 cm³/mol. The molecule has 0 aliphatic heterocycles. The van der Waals surface area contributed by atoms with E-state index in [1.165, 1.54) is 0 Å². The average Bonchev–Trinajstić information content (AvgIpc) is 2.74. The van der Waals surface area contributed by atoms with E-state index in [1.807, 2.05) is 28.1 Å². The zero-order valence-corrected chi connectivity index (χ0v) is 13.2. The van der Waals surface area contributed by atoms with Gasteiger partial charge in [-0.3, -0.25) is 0 Å². The van der Waals surface area contributed by atoms with Gasteiger partial charge in [-0.1, -0.05) is 13.8 Å². The van der Waals surface area contributed by atoms with Crippen LogP contribution in [0.5, 0.6) is 0 Å². The van der Waals surface area contributed by atoms with Crippen LogP contribution in [-0.2, 0) is 7.05 Å². The van der Waals surface area contributed by atoms with Gasteiger partial charge in [0.1, 0.15) is 6.33 Å². The molecule has 0 fully saturated rings. The topological polar surface area (TPSA) is 75.1 Å². The first kappa shape index (κ1) is 16.4. The highest BCUT2D eigenvalue weighted by Crippen LogP contribution is 2.08. The summed E-state index contributed by atoms with van der Waals surface area (Å²) in [4.78, 5) is 14.0. The van der Waals surface area contributed by atoms with Crippen LogP contribution in [0.1, 0.15) is 32.6 Å². The van der Waals surface area contributed by atoms with Gasteiger partial charge >= 0.3 is 6.03 Å². The Labute approximate surface area is 120 Å². The molecule has 0 aliphatic carbocycles. The molecule has 0 saturated heterocycles. The van der Waals surface area contributed by atoms with Crippen molar-refractivity contribution < 1.29 is 4.79 Å². The number of nitrogens with one attached hydrogen (secondary N) is 2. The van der Waals surface area contributed by atoms with Gasteiger partial charge in [0.15, 0.2) is 5.82 Å². The summed E-state index contributed by atoms with van der Waals surface area (Å²) in [6, 6.07) is -0.0572. The van der Waals surface area contributed by atoms with Crippen molar-refractivity contribution in [2.24, 2.45) is 13.0 Å². The smallest absolute Gasteiger partial charge is 0.315 e. The number of likely N-dealkylation sites (N-methyl/N-ethyl adjacent to an activating group) is 1. The summed E-state index contributed by atoms with van der Waals surface area (Å²) >= 11 is 0. The number of carbonyl (C=O) groups excluding carboxylic acids is 1. The number of urea groups is 1. The van der Waals surface area contributed by atoms with E-state index in [4.69, 9.17) is 0 Å². The highest BCUT2D eigenvalue weighted by Gasteiger charge is 2.18. The van der Waals surface area contributed by atoms with Crippen LogP contribution < -0.4 is 10.6 Å². The third-order valence-corrected chi connectivity index (χ3v) is 3.39. The Bertz CT molecular complexity index is 420.